The van der Waals surface area contributed by atoms with Crippen LogP contribution in [0.5, 0.6) is 0 Å². The number of benzene rings is 2. The van der Waals surface area contributed by atoms with Gasteiger partial charge in [-0.1, -0.05) is 35.9 Å². The molecule has 6 nitrogen and oxygen atoms in total. The quantitative estimate of drug-likeness (QED) is 0.550. The van der Waals surface area contributed by atoms with E-state index in [0.29, 0.717) is 24.3 Å². The molecule has 0 bridgehead atoms. The highest BCUT2D eigenvalue weighted by Crippen LogP contribution is 2.24. The molecule has 0 radical (unpaired) electrons. The molecule has 29 heavy (non-hydrogen) atoms. The van der Waals surface area contributed by atoms with Crippen molar-refractivity contribution in [2.45, 2.75) is 27.2 Å². The van der Waals surface area contributed by atoms with E-state index in [2.05, 4.69) is 52.1 Å². The summed E-state index contributed by atoms with van der Waals surface area (Å²) in [6.45, 7) is 5.89. The molecule has 0 spiro atoms. The molecule has 3 N–H and O–H groups in total. The van der Waals surface area contributed by atoms with E-state index in [1.165, 1.54) is 12.5 Å². The summed E-state index contributed by atoms with van der Waals surface area (Å²) in [6.07, 6.45) is 0.653. The van der Waals surface area contributed by atoms with E-state index in [1.54, 1.807) is 23.5 Å². The van der Waals surface area contributed by atoms with Crippen molar-refractivity contribution in [1.29, 1.82) is 0 Å². The summed E-state index contributed by atoms with van der Waals surface area (Å²) in [7, 11) is 0. The van der Waals surface area contributed by atoms with Crippen LogP contribution in [0.15, 0.2) is 47.8 Å². The Morgan fingerprint density at radius 3 is 2.52 bits per heavy atom. The number of anilines is 2. The Morgan fingerprint density at radius 1 is 1.03 bits per heavy atom. The predicted molar refractivity (Wildman–Crippen MR) is 118 cm³/mol. The summed E-state index contributed by atoms with van der Waals surface area (Å²) < 4.78 is 0. The van der Waals surface area contributed by atoms with Gasteiger partial charge < -0.3 is 16.0 Å². The van der Waals surface area contributed by atoms with Gasteiger partial charge in [0.15, 0.2) is 0 Å². The van der Waals surface area contributed by atoms with Crippen molar-refractivity contribution in [3.8, 4) is 10.6 Å². The summed E-state index contributed by atoms with van der Waals surface area (Å²) in [4.78, 5) is 28.1. The van der Waals surface area contributed by atoms with Gasteiger partial charge in [-0.15, -0.1) is 11.3 Å². The molecule has 1 aromatic heterocycles. The number of hydrogen-bond acceptors (Lipinski definition) is 4. The molecule has 0 saturated carbocycles. The van der Waals surface area contributed by atoms with Crippen molar-refractivity contribution in [3.05, 3.63) is 64.7 Å². The average Bonchev–Trinajstić information content (AvgIpc) is 3.13. The highest BCUT2D eigenvalue weighted by Gasteiger charge is 2.08. The van der Waals surface area contributed by atoms with Crippen LogP contribution in [0.25, 0.3) is 10.6 Å². The van der Waals surface area contributed by atoms with Crippen LogP contribution in [0.2, 0.25) is 0 Å². The summed E-state index contributed by atoms with van der Waals surface area (Å²) in [5.41, 5.74) is 5.49. The van der Waals surface area contributed by atoms with Gasteiger partial charge in [-0.25, -0.2) is 9.78 Å². The van der Waals surface area contributed by atoms with Gasteiger partial charge in [0, 0.05) is 42.2 Å². The van der Waals surface area contributed by atoms with Gasteiger partial charge in [-0.3, -0.25) is 4.79 Å². The van der Waals surface area contributed by atoms with Crippen LogP contribution in [-0.2, 0) is 11.2 Å². The van der Waals surface area contributed by atoms with E-state index in [-0.39, 0.29) is 11.9 Å². The van der Waals surface area contributed by atoms with Crippen LogP contribution in [-0.4, -0.2) is 23.5 Å². The van der Waals surface area contributed by atoms with Crippen molar-refractivity contribution < 1.29 is 9.59 Å². The fraction of sp³-hybridized carbons (Fsp3) is 0.227. The van der Waals surface area contributed by atoms with Gasteiger partial charge in [0.05, 0.1) is 5.69 Å². The highest BCUT2D eigenvalue weighted by atomic mass is 32.1. The molecule has 0 fully saturated rings. The first-order valence-electron chi connectivity index (χ1n) is 9.35. The zero-order chi connectivity index (χ0) is 20.8. The van der Waals surface area contributed by atoms with Crippen molar-refractivity contribution >= 4 is 34.6 Å². The van der Waals surface area contributed by atoms with E-state index in [4.69, 9.17) is 0 Å². The Kier molecular flexibility index (Phi) is 6.61. The first-order valence-corrected chi connectivity index (χ1v) is 10.2. The lowest BCUT2D eigenvalue weighted by Crippen LogP contribution is -2.30. The molecule has 0 saturated heterocycles. The van der Waals surface area contributed by atoms with E-state index >= 15 is 0 Å². The van der Waals surface area contributed by atoms with E-state index in [9.17, 15) is 9.59 Å². The van der Waals surface area contributed by atoms with E-state index in [0.717, 1.165) is 21.8 Å². The second-order valence-electron chi connectivity index (χ2n) is 6.85. The van der Waals surface area contributed by atoms with Crippen LogP contribution in [0, 0.1) is 13.8 Å². The average molecular weight is 409 g/mol. The van der Waals surface area contributed by atoms with Crippen LogP contribution in [0.1, 0.15) is 23.7 Å². The minimum Gasteiger partial charge on any atom is -0.337 e. The number of aromatic nitrogens is 1. The van der Waals surface area contributed by atoms with Gasteiger partial charge >= 0.3 is 6.03 Å². The number of rotatable bonds is 6. The summed E-state index contributed by atoms with van der Waals surface area (Å²) in [5.74, 6) is -0.155. The van der Waals surface area contributed by atoms with Crippen molar-refractivity contribution in [2.24, 2.45) is 0 Å². The monoisotopic (exact) mass is 408 g/mol. The van der Waals surface area contributed by atoms with Crippen molar-refractivity contribution in [3.63, 3.8) is 0 Å². The normalized spacial score (nSPS) is 10.4. The number of nitrogens with one attached hydrogen (secondary N) is 3. The zero-order valence-electron chi connectivity index (χ0n) is 16.7. The molecule has 0 unspecified atom stereocenters. The van der Waals surface area contributed by atoms with Crippen LogP contribution >= 0.6 is 11.3 Å². The number of thiazole rings is 1. The smallest absolute Gasteiger partial charge is 0.319 e. The largest absolute Gasteiger partial charge is 0.337 e. The van der Waals surface area contributed by atoms with Crippen molar-refractivity contribution in [1.82, 2.24) is 10.3 Å². The summed E-state index contributed by atoms with van der Waals surface area (Å²) in [6, 6.07) is 13.4. The molecule has 3 aromatic rings. The minimum atomic E-state index is -0.290. The molecule has 7 heteroatoms. The number of aryl methyl sites for hydroxylation is 2. The van der Waals surface area contributed by atoms with Crippen LogP contribution in [0.3, 0.4) is 0 Å². The molecular weight excluding hydrogens is 384 g/mol. The van der Waals surface area contributed by atoms with Gasteiger partial charge in [-0.2, -0.15) is 0 Å². The Balaban J connectivity index is 1.52. The first-order chi connectivity index (χ1) is 13.9. The van der Waals surface area contributed by atoms with Gasteiger partial charge in [0.1, 0.15) is 5.01 Å². The zero-order valence-corrected chi connectivity index (χ0v) is 17.5. The third-order valence-corrected chi connectivity index (χ3v) is 5.26. The predicted octanol–water partition coefficient (Wildman–Crippen LogP) is 4.75. The van der Waals surface area contributed by atoms with E-state index in [1.807, 2.05) is 18.4 Å². The Bertz CT molecular complexity index is 1010. The lowest BCUT2D eigenvalue weighted by molar-refractivity contribution is -0.114. The lowest BCUT2D eigenvalue weighted by atomic mass is 10.2. The highest BCUT2D eigenvalue weighted by molar-refractivity contribution is 7.13. The van der Waals surface area contributed by atoms with E-state index < -0.39 is 0 Å². The maximum absolute atomic E-state index is 12.2. The van der Waals surface area contributed by atoms with Gasteiger partial charge in [0.2, 0.25) is 5.91 Å². The Hall–Kier alpha value is -3.19. The van der Waals surface area contributed by atoms with Gasteiger partial charge in [0.25, 0.3) is 0 Å². The van der Waals surface area contributed by atoms with Crippen LogP contribution in [0.4, 0.5) is 16.2 Å². The summed E-state index contributed by atoms with van der Waals surface area (Å²) in [5, 5.41) is 11.4. The molecule has 2 aromatic carbocycles. The number of carbonyl (C=O) groups is 2. The molecule has 0 aliphatic carbocycles. The molecule has 0 aliphatic rings. The molecule has 0 aliphatic heterocycles. The molecule has 0 atom stereocenters. The number of amides is 3. The maximum Gasteiger partial charge on any atom is 0.319 e. The summed E-state index contributed by atoms with van der Waals surface area (Å²) >= 11 is 1.60. The number of urea groups is 1. The standard InChI is InChI=1S/C22H24N4O2S/c1-14-4-7-17(8-5-14)21-25-19(13-29-21)10-11-23-22(28)26-20-12-18(24-16(3)27)9-6-15(20)2/h4-9,12-13H,10-11H2,1-3H3,(H,24,27)(H2,23,26,28). The minimum absolute atomic E-state index is 0.155. The number of hydrogen-bond donors (Lipinski definition) is 3. The third kappa shape index (κ3) is 5.89. The SMILES string of the molecule is CC(=O)Nc1ccc(C)c(NC(=O)NCCc2csc(-c3ccc(C)cc3)n2)c1. The second-order valence-corrected chi connectivity index (χ2v) is 7.71. The lowest BCUT2D eigenvalue weighted by Gasteiger charge is -2.11. The fourth-order valence-electron chi connectivity index (χ4n) is 2.76. The maximum atomic E-state index is 12.2. The number of nitrogens with zero attached hydrogens (tertiary/aromatic N) is 1. The molecule has 1 heterocycles. The second kappa shape index (κ2) is 9.34. The first kappa shape index (κ1) is 20.5. The van der Waals surface area contributed by atoms with Gasteiger partial charge in [-0.05, 0) is 31.5 Å². The molecular formula is C22H24N4O2S. The van der Waals surface area contributed by atoms with Crippen LogP contribution < -0.4 is 16.0 Å². The molecule has 3 rings (SSSR count). The third-order valence-electron chi connectivity index (χ3n) is 4.32. The fourth-order valence-corrected chi connectivity index (χ4v) is 3.62. The van der Waals surface area contributed by atoms with Crippen molar-refractivity contribution in [2.75, 3.05) is 17.2 Å². The topological polar surface area (TPSA) is 83.1 Å². The molecule has 3 amide bonds. The Morgan fingerprint density at radius 2 is 1.79 bits per heavy atom. The molecule has 150 valence electrons. The Labute approximate surface area is 174 Å². The number of carbonyl (C=O) groups excluding carboxylic acids is 2.